The molecule has 19 heavy (non-hydrogen) atoms. The molecule has 1 aromatic heterocycles. The summed E-state index contributed by atoms with van der Waals surface area (Å²) in [6, 6.07) is 4.40. The van der Waals surface area contributed by atoms with Crippen molar-refractivity contribution < 1.29 is 9.53 Å². The van der Waals surface area contributed by atoms with Crippen LogP contribution in [0.3, 0.4) is 0 Å². The Labute approximate surface area is 114 Å². The third-order valence-electron chi connectivity index (χ3n) is 3.77. The van der Waals surface area contributed by atoms with Gasteiger partial charge in [0.05, 0.1) is 19.2 Å². The summed E-state index contributed by atoms with van der Waals surface area (Å²) in [7, 11) is 1.66. The first-order valence-electron chi connectivity index (χ1n) is 6.80. The molecular formula is C14H23N3O2. The van der Waals surface area contributed by atoms with Crippen LogP contribution < -0.4 is 5.32 Å². The van der Waals surface area contributed by atoms with Crippen molar-refractivity contribution in [2.24, 2.45) is 0 Å². The Bertz CT molecular complexity index is 442. The van der Waals surface area contributed by atoms with E-state index in [0.29, 0.717) is 19.7 Å². The zero-order chi connectivity index (χ0) is 13.8. The van der Waals surface area contributed by atoms with Crippen molar-refractivity contribution in [1.29, 1.82) is 0 Å². The van der Waals surface area contributed by atoms with Crippen molar-refractivity contribution in [2.75, 3.05) is 33.4 Å². The maximum atomic E-state index is 12.2. The van der Waals surface area contributed by atoms with Crippen LogP contribution in [0.2, 0.25) is 0 Å². The van der Waals surface area contributed by atoms with Crippen LogP contribution in [-0.4, -0.2) is 48.7 Å². The van der Waals surface area contributed by atoms with Crippen molar-refractivity contribution in [3.8, 4) is 0 Å². The molecule has 0 spiro atoms. The fourth-order valence-corrected chi connectivity index (χ4v) is 2.63. The average molecular weight is 265 g/mol. The summed E-state index contributed by atoms with van der Waals surface area (Å²) in [6.07, 6.45) is 0. The standard InChI is InChI=1S/C14H23N3O2/c1-11-4-5-13-12(2)17(8-7-16(11)13)14(18)10-15-6-9-19-3/h4-5,12,15H,6-10H2,1-3H3. The molecule has 106 valence electrons. The van der Waals surface area contributed by atoms with Crippen molar-refractivity contribution in [2.45, 2.75) is 26.4 Å². The summed E-state index contributed by atoms with van der Waals surface area (Å²) in [5.74, 6) is 0.161. The number of nitrogens with one attached hydrogen (secondary N) is 1. The molecule has 1 aromatic rings. The predicted molar refractivity (Wildman–Crippen MR) is 74.0 cm³/mol. The highest BCUT2D eigenvalue weighted by molar-refractivity contribution is 5.78. The van der Waals surface area contributed by atoms with Gasteiger partial charge < -0.3 is 19.5 Å². The lowest BCUT2D eigenvalue weighted by Gasteiger charge is -2.35. The molecule has 2 heterocycles. The number of nitrogens with zero attached hydrogens (tertiary/aromatic N) is 2. The fraction of sp³-hybridized carbons (Fsp3) is 0.643. The number of hydrogen-bond donors (Lipinski definition) is 1. The Balaban J connectivity index is 1.94. The minimum Gasteiger partial charge on any atom is -0.383 e. The van der Waals surface area contributed by atoms with Crippen LogP contribution >= 0.6 is 0 Å². The van der Waals surface area contributed by atoms with E-state index in [4.69, 9.17) is 4.74 Å². The summed E-state index contributed by atoms with van der Waals surface area (Å²) in [6.45, 7) is 7.60. The van der Waals surface area contributed by atoms with E-state index < -0.39 is 0 Å². The Morgan fingerprint density at radius 2 is 2.26 bits per heavy atom. The molecule has 1 aliphatic rings. The molecule has 0 saturated carbocycles. The average Bonchev–Trinajstić information content (AvgIpc) is 2.78. The zero-order valence-corrected chi connectivity index (χ0v) is 12.0. The highest BCUT2D eigenvalue weighted by Gasteiger charge is 2.27. The van der Waals surface area contributed by atoms with Crippen molar-refractivity contribution in [3.05, 3.63) is 23.5 Å². The zero-order valence-electron chi connectivity index (χ0n) is 12.0. The number of fused-ring (bicyclic) bond motifs is 1. The highest BCUT2D eigenvalue weighted by atomic mass is 16.5. The minimum atomic E-state index is 0.152. The van der Waals surface area contributed by atoms with E-state index in [9.17, 15) is 4.79 Å². The molecular weight excluding hydrogens is 242 g/mol. The van der Waals surface area contributed by atoms with Gasteiger partial charge in [-0.15, -0.1) is 0 Å². The number of carbonyl (C=O) groups is 1. The molecule has 5 heteroatoms. The number of methoxy groups -OCH3 is 1. The first-order valence-corrected chi connectivity index (χ1v) is 6.80. The van der Waals surface area contributed by atoms with Gasteiger partial charge in [-0.25, -0.2) is 0 Å². The molecule has 0 fully saturated rings. The van der Waals surface area contributed by atoms with Gasteiger partial charge >= 0.3 is 0 Å². The van der Waals surface area contributed by atoms with Gasteiger partial charge in [-0.05, 0) is 26.0 Å². The quantitative estimate of drug-likeness (QED) is 0.806. The highest BCUT2D eigenvalue weighted by Crippen LogP contribution is 2.26. The van der Waals surface area contributed by atoms with E-state index in [1.165, 1.54) is 11.4 Å². The van der Waals surface area contributed by atoms with E-state index in [1.54, 1.807) is 7.11 Å². The normalized spacial score (nSPS) is 18.5. The van der Waals surface area contributed by atoms with Crippen molar-refractivity contribution in [3.63, 3.8) is 0 Å². The Kier molecular flexibility index (Phi) is 4.61. The maximum absolute atomic E-state index is 12.2. The van der Waals surface area contributed by atoms with Crippen LogP contribution in [0.15, 0.2) is 12.1 Å². The Morgan fingerprint density at radius 1 is 1.47 bits per heavy atom. The van der Waals surface area contributed by atoms with E-state index >= 15 is 0 Å². The number of ether oxygens (including phenoxy) is 1. The first kappa shape index (κ1) is 14.1. The van der Waals surface area contributed by atoms with E-state index in [2.05, 4.69) is 35.9 Å². The number of carbonyl (C=O) groups excluding carboxylic acids is 1. The van der Waals surface area contributed by atoms with Crippen LogP contribution in [0.1, 0.15) is 24.4 Å². The third kappa shape index (κ3) is 2.98. The second kappa shape index (κ2) is 6.21. The number of rotatable bonds is 5. The van der Waals surface area contributed by atoms with E-state index in [1.807, 2.05) is 4.90 Å². The Hall–Kier alpha value is -1.33. The van der Waals surface area contributed by atoms with Gasteiger partial charge in [-0.1, -0.05) is 0 Å². The summed E-state index contributed by atoms with van der Waals surface area (Å²) in [4.78, 5) is 14.2. The van der Waals surface area contributed by atoms with Crippen LogP contribution in [0.25, 0.3) is 0 Å². The lowest BCUT2D eigenvalue weighted by Crippen LogP contribution is -2.45. The smallest absolute Gasteiger partial charge is 0.237 e. The molecule has 0 bridgehead atoms. The molecule has 1 N–H and O–H groups in total. The van der Waals surface area contributed by atoms with Gasteiger partial charge in [-0.2, -0.15) is 0 Å². The van der Waals surface area contributed by atoms with Crippen LogP contribution in [-0.2, 0) is 16.1 Å². The number of hydrogen-bond acceptors (Lipinski definition) is 3. The fourth-order valence-electron chi connectivity index (χ4n) is 2.63. The summed E-state index contributed by atoms with van der Waals surface area (Å²) in [5.41, 5.74) is 2.50. The minimum absolute atomic E-state index is 0.152. The second-order valence-corrected chi connectivity index (χ2v) is 4.98. The van der Waals surface area contributed by atoms with E-state index in [-0.39, 0.29) is 11.9 Å². The lowest BCUT2D eigenvalue weighted by molar-refractivity contribution is -0.133. The molecule has 5 nitrogen and oxygen atoms in total. The molecule has 1 amide bonds. The van der Waals surface area contributed by atoms with Crippen molar-refractivity contribution >= 4 is 5.91 Å². The monoisotopic (exact) mass is 265 g/mol. The summed E-state index contributed by atoms with van der Waals surface area (Å²) in [5, 5.41) is 3.11. The van der Waals surface area contributed by atoms with Gasteiger partial charge in [-0.3, -0.25) is 4.79 Å². The molecule has 0 radical (unpaired) electrons. The van der Waals surface area contributed by atoms with Gasteiger partial charge in [0.2, 0.25) is 5.91 Å². The number of aryl methyl sites for hydroxylation is 1. The maximum Gasteiger partial charge on any atom is 0.237 e. The molecule has 1 unspecified atom stereocenters. The molecule has 0 saturated heterocycles. The van der Waals surface area contributed by atoms with Crippen molar-refractivity contribution in [1.82, 2.24) is 14.8 Å². The largest absolute Gasteiger partial charge is 0.383 e. The van der Waals surface area contributed by atoms with Crippen LogP contribution in [0.4, 0.5) is 0 Å². The number of aromatic nitrogens is 1. The third-order valence-corrected chi connectivity index (χ3v) is 3.77. The van der Waals surface area contributed by atoms with Gasteiger partial charge in [0.15, 0.2) is 0 Å². The summed E-state index contributed by atoms with van der Waals surface area (Å²) >= 11 is 0. The summed E-state index contributed by atoms with van der Waals surface area (Å²) < 4.78 is 7.25. The molecule has 2 rings (SSSR count). The molecule has 1 aliphatic heterocycles. The second-order valence-electron chi connectivity index (χ2n) is 4.98. The number of amides is 1. The molecule has 0 aliphatic carbocycles. The van der Waals surface area contributed by atoms with Gasteiger partial charge in [0, 0.05) is 38.1 Å². The first-order chi connectivity index (χ1) is 9.15. The van der Waals surface area contributed by atoms with Crippen LogP contribution in [0.5, 0.6) is 0 Å². The SMILES string of the molecule is COCCNCC(=O)N1CCn2c(C)ccc2C1C. The molecule has 0 aromatic carbocycles. The van der Waals surface area contributed by atoms with Gasteiger partial charge in [0.25, 0.3) is 0 Å². The lowest BCUT2D eigenvalue weighted by atomic mass is 10.1. The van der Waals surface area contributed by atoms with E-state index in [0.717, 1.165) is 13.1 Å². The van der Waals surface area contributed by atoms with Gasteiger partial charge in [0.1, 0.15) is 0 Å². The van der Waals surface area contributed by atoms with Crippen LogP contribution in [0, 0.1) is 6.92 Å². The molecule has 1 atom stereocenters. The Morgan fingerprint density at radius 3 is 3.00 bits per heavy atom. The predicted octanol–water partition coefficient (Wildman–Crippen LogP) is 0.936. The topological polar surface area (TPSA) is 46.5 Å².